The maximum atomic E-state index is 8.97. The third-order valence-electron chi connectivity index (χ3n) is 1.91. The second-order valence-electron chi connectivity index (χ2n) is 2.78. The molecule has 0 aromatic carbocycles. The van der Waals surface area contributed by atoms with Crippen LogP contribution >= 0.6 is 11.3 Å². The fourth-order valence-electron chi connectivity index (χ4n) is 1.20. The van der Waals surface area contributed by atoms with Gasteiger partial charge in [0.2, 0.25) is 0 Å². The van der Waals surface area contributed by atoms with Gasteiger partial charge >= 0.3 is 0 Å². The van der Waals surface area contributed by atoms with E-state index in [0.29, 0.717) is 0 Å². The number of aryl methyl sites for hydroxylation is 1. The van der Waals surface area contributed by atoms with Crippen molar-refractivity contribution in [3.05, 3.63) is 29.3 Å². The number of thiophene rings is 1. The molecule has 0 unspecified atom stereocenters. The number of hydrogen-bond donors (Lipinski definition) is 1. The Bertz CT molecular complexity index is 392. The summed E-state index contributed by atoms with van der Waals surface area (Å²) < 4.78 is 1.70. The summed E-state index contributed by atoms with van der Waals surface area (Å²) in [5.74, 6) is 0. The van der Waals surface area contributed by atoms with Crippen LogP contribution in [-0.4, -0.2) is 14.9 Å². The average molecular weight is 194 g/mol. The Morgan fingerprint density at radius 2 is 2.46 bits per heavy atom. The average Bonchev–Trinajstić information content (AvgIpc) is 2.71. The van der Waals surface area contributed by atoms with Crippen molar-refractivity contribution in [1.29, 1.82) is 0 Å². The van der Waals surface area contributed by atoms with E-state index in [1.54, 1.807) is 16.0 Å². The van der Waals surface area contributed by atoms with Crippen LogP contribution in [-0.2, 0) is 13.7 Å². The fraction of sp³-hybridized carbons (Fsp3) is 0.222. The first-order valence-corrected chi connectivity index (χ1v) is 4.87. The molecule has 0 aliphatic heterocycles. The van der Waals surface area contributed by atoms with Crippen molar-refractivity contribution in [1.82, 2.24) is 9.78 Å². The van der Waals surface area contributed by atoms with E-state index in [0.717, 1.165) is 16.3 Å². The molecule has 1 N–H and O–H groups in total. The highest BCUT2D eigenvalue weighted by Gasteiger charge is 2.06. The maximum absolute atomic E-state index is 8.97. The summed E-state index contributed by atoms with van der Waals surface area (Å²) >= 11 is 1.65. The molecule has 68 valence electrons. The molecule has 3 nitrogen and oxygen atoms in total. The quantitative estimate of drug-likeness (QED) is 0.789. The molecule has 0 saturated carbocycles. The van der Waals surface area contributed by atoms with Gasteiger partial charge in [-0.2, -0.15) is 5.10 Å². The number of aromatic nitrogens is 2. The van der Waals surface area contributed by atoms with E-state index in [9.17, 15) is 0 Å². The third-order valence-corrected chi connectivity index (χ3v) is 2.80. The molecule has 4 heteroatoms. The Morgan fingerprint density at radius 1 is 1.62 bits per heavy atom. The Morgan fingerprint density at radius 3 is 3.00 bits per heavy atom. The van der Waals surface area contributed by atoms with E-state index in [1.165, 1.54) is 0 Å². The minimum Gasteiger partial charge on any atom is -0.390 e. The number of aliphatic hydroxyl groups is 1. The number of nitrogens with zero attached hydrogens (tertiary/aromatic N) is 2. The topological polar surface area (TPSA) is 38.0 Å². The highest BCUT2D eigenvalue weighted by atomic mass is 32.1. The van der Waals surface area contributed by atoms with Gasteiger partial charge in [0.25, 0.3) is 0 Å². The number of hydrogen-bond acceptors (Lipinski definition) is 3. The molecule has 13 heavy (non-hydrogen) atoms. The first-order valence-electron chi connectivity index (χ1n) is 3.99. The molecule has 0 bridgehead atoms. The molecule has 0 aliphatic rings. The van der Waals surface area contributed by atoms with E-state index in [-0.39, 0.29) is 6.61 Å². The number of aliphatic hydroxyl groups excluding tert-OH is 1. The minimum absolute atomic E-state index is 0.0366. The summed E-state index contributed by atoms with van der Waals surface area (Å²) in [6.07, 6.45) is 0. The van der Waals surface area contributed by atoms with Crippen molar-refractivity contribution < 1.29 is 5.11 Å². The second-order valence-corrected chi connectivity index (χ2v) is 3.73. The van der Waals surface area contributed by atoms with Crippen molar-refractivity contribution in [2.24, 2.45) is 7.05 Å². The van der Waals surface area contributed by atoms with Gasteiger partial charge in [0.15, 0.2) is 0 Å². The van der Waals surface area contributed by atoms with E-state index < -0.39 is 0 Å². The van der Waals surface area contributed by atoms with Crippen LogP contribution < -0.4 is 0 Å². The van der Waals surface area contributed by atoms with Crippen molar-refractivity contribution in [2.45, 2.75) is 6.61 Å². The normalized spacial score (nSPS) is 10.6. The number of rotatable bonds is 2. The zero-order valence-electron chi connectivity index (χ0n) is 7.27. The van der Waals surface area contributed by atoms with Crippen molar-refractivity contribution in [3.8, 4) is 10.6 Å². The first-order chi connectivity index (χ1) is 6.31. The largest absolute Gasteiger partial charge is 0.390 e. The predicted molar refractivity (Wildman–Crippen MR) is 52.4 cm³/mol. The van der Waals surface area contributed by atoms with Gasteiger partial charge in [0.1, 0.15) is 5.69 Å². The SMILES string of the molecule is Cn1nc(-c2cccs2)cc1CO. The van der Waals surface area contributed by atoms with E-state index in [4.69, 9.17) is 5.11 Å². The molecule has 0 amide bonds. The molecular formula is C9H10N2OS. The van der Waals surface area contributed by atoms with Crippen molar-refractivity contribution >= 4 is 11.3 Å². The molecule has 2 aromatic heterocycles. The molecule has 2 rings (SSSR count). The Kier molecular flexibility index (Phi) is 2.16. The molecule has 0 saturated heterocycles. The van der Waals surface area contributed by atoms with Gasteiger partial charge in [-0.15, -0.1) is 11.3 Å². The van der Waals surface area contributed by atoms with Gasteiger partial charge in [-0.05, 0) is 17.5 Å². The standard InChI is InChI=1S/C9H10N2OS/c1-11-7(6-12)5-8(10-11)9-3-2-4-13-9/h2-5,12H,6H2,1H3. The van der Waals surface area contributed by atoms with Crippen LogP contribution in [0.2, 0.25) is 0 Å². The second kappa shape index (κ2) is 3.32. The molecule has 0 spiro atoms. The monoisotopic (exact) mass is 194 g/mol. The fourth-order valence-corrected chi connectivity index (χ4v) is 1.88. The lowest BCUT2D eigenvalue weighted by atomic mass is 10.3. The lowest BCUT2D eigenvalue weighted by Gasteiger charge is -1.92. The van der Waals surface area contributed by atoms with Crippen LogP contribution in [0.5, 0.6) is 0 Å². The van der Waals surface area contributed by atoms with E-state index in [1.807, 2.05) is 30.6 Å². The van der Waals surface area contributed by atoms with Gasteiger partial charge < -0.3 is 5.11 Å². The van der Waals surface area contributed by atoms with Crippen molar-refractivity contribution in [3.63, 3.8) is 0 Å². The van der Waals surface area contributed by atoms with Gasteiger partial charge in [-0.1, -0.05) is 6.07 Å². The summed E-state index contributed by atoms with van der Waals surface area (Å²) in [6.45, 7) is 0.0366. The van der Waals surface area contributed by atoms with Crippen LogP contribution in [0.3, 0.4) is 0 Å². The Balaban J connectivity index is 2.43. The predicted octanol–water partition coefficient (Wildman–Crippen LogP) is 1.64. The minimum atomic E-state index is 0.0366. The lowest BCUT2D eigenvalue weighted by Crippen LogP contribution is -1.96. The molecule has 0 atom stereocenters. The highest BCUT2D eigenvalue weighted by molar-refractivity contribution is 7.13. The van der Waals surface area contributed by atoms with Gasteiger partial charge in [-0.25, -0.2) is 0 Å². The van der Waals surface area contributed by atoms with Crippen LogP contribution in [0.4, 0.5) is 0 Å². The zero-order valence-corrected chi connectivity index (χ0v) is 8.08. The van der Waals surface area contributed by atoms with Crippen LogP contribution in [0.25, 0.3) is 10.6 Å². The first kappa shape index (κ1) is 8.47. The molecule has 0 aliphatic carbocycles. The van der Waals surface area contributed by atoms with E-state index >= 15 is 0 Å². The summed E-state index contributed by atoms with van der Waals surface area (Å²) in [6, 6.07) is 5.92. The molecule has 2 heterocycles. The maximum Gasteiger partial charge on any atom is 0.103 e. The summed E-state index contributed by atoms with van der Waals surface area (Å²) in [7, 11) is 1.84. The van der Waals surface area contributed by atoms with Gasteiger partial charge in [-0.3, -0.25) is 4.68 Å². The van der Waals surface area contributed by atoms with Crippen LogP contribution in [0.1, 0.15) is 5.69 Å². The van der Waals surface area contributed by atoms with Crippen LogP contribution in [0.15, 0.2) is 23.6 Å². The molecular weight excluding hydrogens is 184 g/mol. The summed E-state index contributed by atoms with van der Waals surface area (Å²) in [4.78, 5) is 1.13. The van der Waals surface area contributed by atoms with Crippen molar-refractivity contribution in [2.75, 3.05) is 0 Å². The smallest absolute Gasteiger partial charge is 0.103 e. The van der Waals surface area contributed by atoms with Crippen LogP contribution in [0, 0.1) is 0 Å². The third kappa shape index (κ3) is 1.50. The summed E-state index contributed by atoms with van der Waals surface area (Å²) in [5.41, 5.74) is 1.77. The molecule has 2 aromatic rings. The Hall–Kier alpha value is -1.13. The Labute approximate surface area is 80.3 Å². The van der Waals surface area contributed by atoms with Gasteiger partial charge in [0, 0.05) is 7.05 Å². The lowest BCUT2D eigenvalue weighted by molar-refractivity contribution is 0.270. The van der Waals surface area contributed by atoms with Gasteiger partial charge in [0.05, 0.1) is 17.2 Å². The van der Waals surface area contributed by atoms with E-state index in [2.05, 4.69) is 5.10 Å². The summed E-state index contributed by atoms with van der Waals surface area (Å²) in [5, 5.41) is 15.3. The molecule has 0 radical (unpaired) electrons. The highest BCUT2D eigenvalue weighted by Crippen LogP contribution is 2.23. The zero-order chi connectivity index (χ0) is 9.26. The molecule has 0 fully saturated rings.